The number of rotatable bonds is 6. The van der Waals surface area contributed by atoms with Gasteiger partial charge in [-0.25, -0.2) is 4.79 Å². The van der Waals surface area contributed by atoms with Crippen molar-refractivity contribution in [3.63, 3.8) is 0 Å². The third-order valence-corrected chi connectivity index (χ3v) is 5.46. The van der Waals surface area contributed by atoms with Crippen LogP contribution >= 0.6 is 27.5 Å². The van der Waals surface area contributed by atoms with E-state index in [4.69, 9.17) is 16.3 Å². The van der Waals surface area contributed by atoms with Crippen molar-refractivity contribution in [1.29, 1.82) is 0 Å². The number of carbonyl (C=O) groups excluding carboxylic acids is 1. The van der Waals surface area contributed by atoms with Crippen molar-refractivity contribution in [3.8, 4) is 5.69 Å². The predicted molar refractivity (Wildman–Crippen MR) is 113 cm³/mol. The third kappa shape index (κ3) is 3.71. The van der Waals surface area contributed by atoms with Crippen LogP contribution in [0.3, 0.4) is 0 Å². The van der Waals surface area contributed by atoms with E-state index >= 15 is 0 Å². The van der Waals surface area contributed by atoms with Crippen LogP contribution in [0.1, 0.15) is 30.3 Å². The summed E-state index contributed by atoms with van der Waals surface area (Å²) < 4.78 is 8.29. The number of nitrogens with zero attached hydrogens (tertiary/aromatic N) is 1. The number of fused-ring (bicyclic) bond motifs is 1. The van der Waals surface area contributed by atoms with Crippen LogP contribution in [-0.2, 0) is 4.74 Å². The molecule has 0 bridgehead atoms. The van der Waals surface area contributed by atoms with Crippen LogP contribution in [-0.4, -0.2) is 23.7 Å². The molecule has 27 heavy (non-hydrogen) atoms. The van der Waals surface area contributed by atoms with Gasteiger partial charge in [-0.2, -0.15) is 0 Å². The minimum atomic E-state index is -0.344. The van der Waals surface area contributed by atoms with Crippen LogP contribution in [0.2, 0.25) is 5.02 Å². The Bertz CT molecular complexity index is 1010. The highest BCUT2D eigenvalue weighted by Gasteiger charge is 2.27. The van der Waals surface area contributed by atoms with Gasteiger partial charge in [0.05, 0.1) is 17.8 Å². The Morgan fingerprint density at radius 2 is 2.11 bits per heavy atom. The Balaban J connectivity index is 1.97. The molecular formula is C21H20BrClN2O2. The normalized spacial score (nSPS) is 13.7. The fraction of sp³-hybridized carbons (Fsp3) is 0.286. The first-order valence-electron chi connectivity index (χ1n) is 9.09. The summed E-state index contributed by atoms with van der Waals surface area (Å²) in [5.74, 6) is 0.333. The average Bonchev–Trinajstić information content (AvgIpc) is 3.41. The Hall–Kier alpha value is -1.98. The molecule has 1 aliphatic carbocycles. The first kappa shape index (κ1) is 18.4. The van der Waals surface area contributed by atoms with Gasteiger partial charge >= 0.3 is 5.97 Å². The van der Waals surface area contributed by atoms with Gasteiger partial charge in [0.15, 0.2) is 5.69 Å². The van der Waals surface area contributed by atoms with Gasteiger partial charge in [0.2, 0.25) is 0 Å². The predicted octanol–water partition coefficient (Wildman–Crippen LogP) is 6.05. The lowest BCUT2D eigenvalue weighted by atomic mass is 10.2. The molecule has 2 aromatic carbocycles. The molecule has 1 N–H and O–H groups in total. The summed E-state index contributed by atoms with van der Waals surface area (Å²) in [7, 11) is 0. The SMILES string of the molecule is CCOC(=O)c1c(NCC2CC2)c2cc(Br)ccc2n1-c1cccc(Cl)c1. The van der Waals surface area contributed by atoms with E-state index in [0.29, 0.717) is 23.2 Å². The maximum absolute atomic E-state index is 12.9. The van der Waals surface area contributed by atoms with E-state index in [1.165, 1.54) is 12.8 Å². The highest BCUT2D eigenvalue weighted by molar-refractivity contribution is 9.10. The molecule has 1 heterocycles. The van der Waals surface area contributed by atoms with Crippen LogP contribution in [0.25, 0.3) is 16.6 Å². The number of anilines is 1. The molecule has 1 saturated carbocycles. The van der Waals surface area contributed by atoms with Crippen LogP contribution in [0, 0.1) is 5.92 Å². The quantitative estimate of drug-likeness (QED) is 0.468. The number of carbonyl (C=O) groups is 1. The standard InChI is InChI=1S/C21H20BrClN2O2/c1-2-27-21(26)20-19(24-12-13-6-7-13)17-10-14(22)8-9-18(17)25(20)16-5-3-4-15(23)11-16/h3-5,8-11,13,24H,2,6-7,12H2,1H3. The average molecular weight is 448 g/mol. The molecule has 1 fully saturated rings. The molecule has 4 nitrogen and oxygen atoms in total. The maximum Gasteiger partial charge on any atom is 0.357 e. The van der Waals surface area contributed by atoms with Crippen molar-refractivity contribution in [3.05, 3.63) is 57.7 Å². The summed E-state index contributed by atoms with van der Waals surface area (Å²) in [4.78, 5) is 12.9. The van der Waals surface area contributed by atoms with E-state index in [-0.39, 0.29) is 5.97 Å². The number of aromatic nitrogens is 1. The summed E-state index contributed by atoms with van der Waals surface area (Å²) in [5.41, 5.74) is 3.09. The molecule has 0 atom stereocenters. The second-order valence-electron chi connectivity index (χ2n) is 6.75. The highest BCUT2D eigenvalue weighted by Crippen LogP contribution is 2.38. The number of benzene rings is 2. The summed E-state index contributed by atoms with van der Waals surface area (Å²) in [6.07, 6.45) is 2.47. The van der Waals surface area contributed by atoms with Crippen LogP contribution in [0.5, 0.6) is 0 Å². The van der Waals surface area contributed by atoms with Crippen molar-refractivity contribution in [2.75, 3.05) is 18.5 Å². The highest BCUT2D eigenvalue weighted by atomic mass is 79.9. The minimum absolute atomic E-state index is 0.321. The van der Waals surface area contributed by atoms with E-state index in [2.05, 4.69) is 21.2 Å². The lowest BCUT2D eigenvalue weighted by Gasteiger charge is -2.12. The van der Waals surface area contributed by atoms with Crippen molar-refractivity contribution in [2.24, 2.45) is 5.92 Å². The monoisotopic (exact) mass is 446 g/mol. The zero-order chi connectivity index (χ0) is 19.0. The molecule has 4 rings (SSSR count). The number of ether oxygens (including phenoxy) is 1. The van der Waals surface area contributed by atoms with Gasteiger partial charge in [-0.3, -0.25) is 0 Å². The second-order valence-corrected chi connectivity index (χ2v) is 8.10. The molecule has 3 aromatic rings. The topological polar surface area (TPSA) is 43.3 Å². The van der Waals surface area contributed by atoms with E-state index in [1.54, 1.807) is 0 Å². The van der Waals surface area contributed by atoms with E-state index in [1.807, 2.05) is 54.0 Å². The third-order valence-electron chi connectivity index (χ3n) is 4.73. The van der Waals surface area contributed by atoms with Crippen LogP contribution < -0.4 is 5.32 Å². The van der Waals surface area contributed by atoms with Crippen molar-refractivity contribution in [2.45, 2.75) is 19.8 Å². The van der Waals surface area contributed by atoms with E-state index in [9.17, 15) is 4.79 Å². The molecule has 1 aliphatic rings. The van der Waals surface area contributed by atoms with E-state index in [0.717, 1.165) is 33.3 Å². The lowest BCUT2D eigenvalue weighted by molar-refractivity contribution is 0.0518. The van der Waals surface area contributed by atoms with Crippen LogP contribution in [0.4, 0.5) is 5.69 Å². The van der Waals surface area contributed by atoms with Gasteiger partial charge in [-0.15, -0.1) is 0 Å². The Labute approximate surface area is 171 Å². The summed E-state index contributed by atoms with van der Waals surface area (Å²) in [6.45, 7) is 2.99. The molecule has 0 saturated heterocycles. The molecule has 6 heteroatoms. The Morgan fingerprint density at radius 3 is 2.81 bits per heavy atom. The number of esters is 1. The fourth-order valence-electron chi connectivity index (χ4n) is 3.29. The molecule has 0 radical (unpaired) electrons. The molecule has 140 valence electrons. The first-order valence-corrected chi connectivity index (χ1v) is 10.3. The maximum atomic E-state index is 12.9. The zero-order valence-corrected chi connectivity index (χ0v) is 17.3. The van der Waals surface area contributed by atoms with Crippen LogP contribution in [0.15, 0.2) is 46.9 Å². The minimum Gasteiger partial charge on any atom is -0.461 e. The van der Waals surface area contributed by atoms with Gasteiger partial charge in [-0.1, -0.05) is 33.6 Å². The molecule has 0 unspecified atom stereocenters. The van der Waals surface area contributed by atoms with Crippen molar-refractivity contribution < 1.29 is 9.53 Å². The summed E-state index contributed by atoms with van der Waals surface area (Å²) >= 11 is 9.78. The molecular weight excluding hydrogens is 428 g/mol. The number of hydrogen-bond acceptors (Lipinski definition) is 3. The van der Waals surface area contributed by atoms with Crippen molar-refractivity contribution in [1.82, 2.24) is 4.57 Å². The van der Waals surface area contributed by atoms with Gasteiger partial charge in [-0.05, 0) is 62.1 Å². The van der Waals surface area contributed by atoms with Crippen molar-refractivity contribution >= 4 is 50.1 Å². The molecule has 0 amide bonds. The van der Waals surface area contributed by atoms with E-state index < -0.39 is 0 Å². The Morgan fingerprint density at radius 1 is 1.30 bits per heavy atom. The number of hydrogen-bond donors (Lipinski definition) is 1. The Kier molecular flexibility index (Phi) is 5.15. The van der Waals surface area contributed by atoms with Gasteiger partial charge in [0.1, 0.15) is 0 Å². The largest absolute Gasteiger partial charge is 0.461 e. The van der Waals surface area contributed by atoms with Gasteiger partial charge < -0.3 is 14.6 Å². The summed E-state index contributed by atoms with van der Waals surface area (Å²) in [6, 6.07) is 13.5. The lowest BCUT2D eigenvalue weighted by Crippen LogP contribution is -2.14. The summed E-state index contributed by atoms with van der Waals surface area (Å²) in [5, 5.41) is 5.11. The van der Waals surface area contributed by atoms with Gasteiger partial charge in [0, 0.05) is 27.1 Å². The zero-order valence-electron chi connectivity index (χ0n) is 15.0. The molecule has 1 aromatic heterocycles. The van der Waals surface area contributed by atoms with Gasteiger partial charge in [0.25, 0.3) is 0 Å². The smallest absolute Gasteiger partial charge is 0.357 e. The fourth-order valence-corrected chi connectivity index (χ4v) is 3.83. The first-order chi connectivity index (χ1) is 13.1. The molecule has 0 aliphatic heterocycles. The molecule has 0 spiro atoms. The number of halogens is 2. The number of nitrogens with one attached hydrogen (secondary N) is 1. The second kappa shape index (κ2) is 7.56.